The van der Waals surface area contributed by atoms with E-state index < -0.39 is 48.3 Å². The van der Waals surface area contributed by atoms with Crippen LogP contribution in [0.5, 0.6) is 0 Å². The van der Waals surface area contributed by atoms with E-state index in [0.717, 1.165) is 5.56 Å². The molecule has 0 heterocycles. The number of carbonyl (C=O) groups excluding carboxylic acids is 2. The lowest BCUT2D eigenvalue weighted by Crippen LogP contribution is -2.55. The van der Waals surface area contributed by atoms with Crippen LogP contribution < -0.4 is 16.4 Å². The number of nitrogens with one attached hydrogen (secondary N) is 2. The SMILES string of the molecule is CC(C)CC(N)C(=O)NC(Cc1ccccc1)C(=O)NC(CC(=O)O)C(=O)O. The Bertz CT molecular complexity index is 692. The standard InChI is InChI=1S/C19H27N3O6/c1-11(2)8-13(20)17(25)21-14(9-12-6-4-3-5-7-12)18(26)22-15(19(27)28)10-16(23)24/h3-7,11,13-15H,8-10,20H2,1-2H3,(H,21,25)(H,22,26)(H,23,24)(H,27,28). The van der Waals surface area contributed by atoms with Crippen molar-refractivity contribution in [2.24, 2.45) is 11.7 Å². The summed E-state index contributed by atoms with van der Waals surface area (Å²) in [6.07, 6.45) is -0.256. The van der Waals surface area contributed by atoms with Crippen LogP contribution in [0.15, 0.2) is 30.3 Å². The van der Waals surface area contributed by atoms with Crippen molar-refractivity contribution in [1.82, 2.24) is 10.6 Å². The van der Waals surface area contributed by atoms with E-state index >= 15 is 0 Å². The van der Waals surface area contributed by atoms with E-state index in [1.54, 1.807) is 30.3 Å². The number of hydrogen-bond acceptors (Lipinski definition) is 5. The van der Waals surface area contributed by atoms with Crippen molar-refractivity contribution in [2.75, 3.05) is 0 Å². The molecule has 0 fully saturated rings. The van der Waals surface area contributed by atoms with Crippen LogP contribution >= 0.6 is 0 Å². The predicted octanol–water partition coefficient (Wildman–Crippen LogP) is 0.131. The molecule has 3 atom stereocenters. The zero-order chi connectivity index (χ0) is 21.3. The molecular weight excluding hydrogens is 366 g/mol. The lowest BCUT2D eigenvalue weighted by molar-refractivity contribution is -0.147. The van der Waals surface area contributed by atoms with Gasteiger partial charge in [0, 0.05) is 6.42 Å². The molecule has 0 aliphatic rings. The average Bonchev–Trinajstić information content (AvgIpc) is 2.60. The number of carboxylic acid groups (broad SMARTS) is 2. The largest absolute Gasteiger partial charge is 0.481 e. The molecule has 9 nitrogen and oxygen atoms in total. The first-order valence-electron chi connectivity index (χ1n) is 8.95. The summed E-state index contributed by atoms with van der Waals surface area (Å²) in [4.78, 5) is 47.0. The van der Waals surface area contributed by atoms with Gasteiger partial charge in [0.25, 0.3) is 0 Å². The first-order valence-corrected chi connectivity index (χ1v) is 8.95. The van der Waals surface area contributed by atoms with Crippen LogP contribution in [0.3, 0.4) is 0 Å². The third-order valence-electron chi connectivity index (χ3n) is 3.97. The zero-order valence-corrected chi connectivity index (χ0v) is 15.9. The van der Waals surface area contributed by atoms with Crippen molar-refractivity contribution in [2.45, 2.75) is 51.2 Å². The molecule has 1 aromatic carbocycles. The summed E-state index contributed by atoms with van der Waals surface area (Å²) in [5, 5.41) is 22.7. The minimum Gasteiger partial charge on any atom is -0.481 e. The fourth-order valence-electron chi connectivity index (χ4n) is 2.60. The summed E-state index contributed by atoms with van der Waals surface area (Å²) in [6, 6.07) is 5.32. The molecule has 0 bridgehead atoms. The number of rotatable bonds is 11. The Balaban J connectivity index is 2.95. The minimum absolute atomic E-state index is 0.103. The van der Waals surface area contributed by atoms with E-state index in [0.29, 0.717) is 6.42 Å². The highest BCUT2D eigenvalue weighted by atomic mass is 16.4. The highest BCUT2D eigenvalue weighted by Crippen LogP contribution is 2.07. The monoisotopic (exact) mass is 393 g/mol. The minimum atomic E-state index is -1.61. The number of aliphatic carboxylic acids is 2. The van der Waals surface area contributed by atoms with E-state index in [1.165, 1.54) is 0 Å². The maximum absolute atomic E-state index is 12.6. The second-order valence-corrected chi connectivity index (χ2v) is 6.98. The van der Waals surface area contributed by atoms with E-state index in [-0.39, 0.29) is 12.3 Å². The summed E-state index contributed by atoms with van der Waals surface area (Å²) < 4.78 is 0. The van der Waals surface area contributed by atoms with Gasteiger partial charge in [0.05, 0.1) is 12.5 Å². The van der Waals surface area contributed by atoms with Gasteiger partial charge in [-0.05, 0) is 17.9 Å². The Morgan fingerprint density at radius 1 is 0.964 bits per heavy atom. The maximum atomic E-state index is 12.6. The van der Waals surface area contributed by atoms with E-state index in [9.17, 15) is 19.2 Å². The third kappa shape index (κ3) is 8.17. The molecule has 28 heavy (non-hydrogen) atoms. The molecule has 1 aromatic rings. The van der Waals surface area contributed by atoms with Crippen LogP contribution in [0.25, 0.3) is 0 Å². The van der Waals surface area contributed by atoms with Crippen LogP contribution in [-0.2, 0) is 25.6 Å². The first-order chi connectivity index (χ1) is 13.1. The van der Waals surface area contributed by atoms with Crippen LogP contribution in [0.4, 0.5) is 0 Å². The second-order valence-electron chi connectivity index (χ2n) is 6.98. The number of nitrogens with two attached hydrogens (primary N) is 1. The molecule has 0 radical (unpaired) electrons. The normalized spacial score (nSPS) is 14.0. The van der Waals surface area contributed by atoms with Crippen LogP contribution in [-0.4, -0.2) is 52.1 Å². The Morgan fingerprint density at radius 2 is 1.54 bits per heavy atom. The van der Waals surface area contributed by atoms with Gasteiger partial charge in [-0.25, -0.2) is 4.79 Å². The number of benzene rings is 1. The molecule has 9 heteroatoms. The third-order valence-corrected chi connectivity index (χ3v) is 3.97. The topological polar surface area (TPSA) is 159 Å². The van der Waals surface area contributed by atoms with Crippen LogP contribution in [0.1, 0.15) is 32.3 Å². The van der Waals surface area contributed by atoms with Gasteiger partial charge in [0.2, 0.25) is 11.8 Å². The van der Waals surface area contributed by atoms with Crippen molar-refractivity contribution in [1.29, 1.82) is 0 Å². The summed E-state index contributed by atoms with van der Waals surface area (Å²) in [7, 11) is 0. The van der Waals surface area contributed by atoms with Crippen molar-refractivity contribution >= 4 is 23.8 Å². The summed E-state index contributed by atoms with van der Waals surface area (Å²) >= 11 is 0. The number of hydrogen-bond donors (Lipinski definition) is 5. The summed E-state index contributed by atoms with van der Waals surface area (Å²) in [6.45, 7) is 3.81. The van der Waals surface area contributed by atoms with Crippen molar-refractivity contribution in [3.8, 4) is 0 Å². The molecule has 3 unspecified atom stereocenters. The van der Waals surface area contributed by atoms with Gasteiger partial charge in [0.1, 0.15) is 12.1 Å². The quantitative estimate of drug-likeness (QED) is 0.357. The Morgan fingerprint density at radius 3 is 2.04 bits per heavy atom. The molecule has 6 N–H and O–H groups in total. The maximum Gasteiger partial charge on any atom is 0.326 e. The van der Waals surface area contributed by atoms with Crippen molar-refractivity contribution in [3.05, 3.63) is 35.9 Å². The summed E-state index contributed by atoms with van der Waals surface area (Å²) in [5.41, 5.74) is 6.60. The highest BCUT2D eigenvalue weighted by molar-refractivity contribution is 5.92. The Hall–Kier alpha value is -2.94. The lowest BCUT2D eigenvalue weighted by Gasteiger charge is -2.23. The van der Waals surface area contributed by atoms with Gasteiger partial charge >= 0.3 is 11.9 Å². The molecule has 0 spiro atoms. The second kappa shape index (κ2) is 11.0. The van der Waals surface area contributed by atoms with E-state index in [4.69, 9.17) is 15.9 Å². The first kappa shape index (κ1) is 23.1. The lowest BCUT2D eigenvalue weighted by atomic mass is 10.0. The fraction of sp³-hybridized carbons (Fsp3) is 0.474. The Kier molecular flexibility index (Phi) is 9.10. The molecule has 1 rings (SSSR count). The molecule has 2 amide bonds. The number of amides is 2. The smallest absolute Gasteiger partial charge is 0.326 e. The van der Waals surface area contributed by atoms with E-state index in [2.05, 4.69) is 10.6 Å². The fourth-order valence-corrected chi connectivity index (χ4v) is 2.60. The Labute approximate surface area is 163 Å². The molecule has 0 saturated carbocycles. The van der Waals surface area contributed by atoms with Gasteiger partial charge in [0.15, 0.2) is 0 Å². The van der Waals surface area contributed by atoms with E-state index in [1.807, 2.05) is 13.8 Å². The average molecular weight is 393 g/mol. The van der Waals surface area contributed by atoms with Gasteiger partial charge < -0.3 is 26.6 Å². The van der Waals surface area contributed by atoms with Gasteiger partial charge in [-0.1, -0.05) is 44.2 Å². The number of carbonyl (C=O) groups is 4. The van der Waals surface area contributed by atoms with Crippen LogP contribution in [0.2, 0.25) is 0 Å². The van der Waals surface area contributed by atoms with Gasteiger partial charge in [-0.2, -0.15) is 0 Å². The number of carboxylic acids is 2. The van der Waals surface area contributed by atoms with Gasteiger partial charge in [-0.3, -0.25) is 14.4 Å². The molecule has 0 aliphatic carbocycles. The molecular formula is C19H27N3O6. The molecule has 0 aliphatic heterocycles. The zero-order valence-electron chi connectivity index (χ0n) is 15.9. The highest BCUT2D eigenvalue weighted by Gasteiger charge is 2.29. The molecule has 0 aromatic heterocycles. The predicted molar refractivity (Wildman–Crippen MR) is 101 cm³/mol. The molecule has 0 saturated heterocycles. The van der Waals surface area contributed by atoms with Gasteiger partial charge in [-0.15, -0.1) is 0 Å². The van der Waals surface area contributed by atoms with Crippen molar-refractivity contribution in [3.63, 3.8) is 0 Å². The summed E-state index contributed by atoms with van der Waals surface area (Å²) in [5.74, 6) is -3.99. The van der Waals surface area contributed by atoms with Crippen molar-refractivity contribution < 1.29 is 29.4 Å². The van der Waals surface area contributed by atoms with Crippen LogP contribution in [0, 0.1) is 5.92 Å². The molecule has 154 valence electrons.